The summed E-state index contributed by atoms with van der Waals surface area (Å²) in [5, 5.41) is 10.1. The lowest BCUT2D eigenvalue weighted by molar-refractivity contribution is -0.126. The van der Waals surface area contributed by atoms with Gasteiger partial charge in [-0.1, -0.05) is 75.4 Å². The minimum absolute atomic E-state index is 0.103. The Bertz CT molecular complexity index is 592. The predicted molar refractivity (Wildman–Crippen MR) is 85.3 cm³/mol. The maximum Gasteiger partial charge on any atom is 0.170 e. The van der Waals surface area contributed by atoms with Gasteiger partial charge >= 0.3 is 0 Å². The molecule has 0 saturated carbocycles. The SMILES string of the molecule is CC(C)(C)c1ccc(CC(=O)C(O)c2ccccc2)cc1. The molecule has 0 aliphatic rings. The minimum atomic E-state index is -1.05. The van der Waals surface area contributed by atoms with E-state index in [1.54, 1.807) is 12.1 Å². The van der Waals surface area contributed by atoms with Crippen LogP contribution >= 0.6 is 0 Å². The van der Waals surface area contributed by atoms with E-state index < -0.39 is 6.10 Å². The van der Waals surface area contributed by atoms with Gasteiger partial charge in [0.1, 0.15) is 6.10 Å². The van der Waals surface area contributed by atoms with Gasteiger partial charge in [0.15, 0.2) is 5.78 Å². The molecule has 2 aromatic rings. The molecule has 110 valence electrons. The van der Waals surface area contributed by atoms with Crippen molar-refractivity contribution in [1.82, 2.24) is 0 Å². The van der Waals surface area contributed by atoms with Gasteiger partial charge in [-0.25, -0.2) is 0 Å². The summed E-state index contributed by atoms with van der Waals surface area (Å²) in [5.41, 5.74) is 2.92. The Morgan fingerprint density at radius 1 is 1.00 bits per heavy atom. The Kier molecular flexibility index (Phi) is 4.59. The van der Waals surface area contributed by atoms with Gasteiger partial charge in [-0.3, -0.25) is 4.79 Å². The average molecular weight is 282 g/mol. The maximum atomic E-state index is 12.1. The highest BCUT2D eigenvalue weighted by molar-refractivity contribution is 5.86. The van der Waals surface area contributed by atoms with Gasteiger partial charge in [-0.2, -0.15) is 0 Å². The predicted octanol–water partition coefficient (Wildman–Crippen LogP) is 3.83. The number of hydrogen-bond acceptors (Lipinski definition) is 2. The second-order valence-electron chi connectivity index (χ2n) is 6.40. The van der Waals surface area contributed by atoms with Crippen LogP contribution in [0.4, 0.5) is 0 Å². The average Bonchev–Trinajstić information content (AvgIpc) is 2.47. The molecule has 0 spiro atoms. The first-order valence-electron chi connectivity index (χ1n) is 7.23. The third kappa shape index (κ3) is 4.02. The number of aliphatic hydroxyl groups is 1. The molecule has 2 nitrogen and oxygen atoms in total. The summed E-state index contributed by atoms with van der Waals surface area (Å²) in [5.74, 6) is -0.176. The minimum Gasteiger partial charge on any atom is -0.381 e. The van der Waals surface area contributed by atoms with Crippen LogP contribution < -0.4 is 0 Å². The highest BCUT2D eigenvalue weighted by atomic mass is 16.3. The molecule has 1 atom stereocenters. The zero-order valence-electron chi connectivity index (χ0n) is 12.8. The molecule has 0 radical (unpaired) electrons. The molecule has 2 aromatic carbocycles. The van der Waals surface area contributed by atoms with Crippen molar-refractivity contribution in [3.8, 4) is 0 Å². The molecule has 2 rings (SSSR count). The zero-order valence-corrected chi connectivity index (χ0v) is 12.8. The summed E-state index contributed by atoms with van der Waals surface area (Å²) < 4.78 is 0. The zero-order chi connectivity index (χ0) is 15.5. The second kappa shape index (κ2) is 6.23. The first-order valence-corrected chi connectivity index (χ1v) is 7.23. The van der Waals surface area contributed by atoms with Gasteiger partial charge in [0.2, 0.25) is 0 Å². The van der Waals surface area contributed by atoms with E-state index in [9.17, 15) is 9.90 Å². The third-order valence-electron chi connectivity index (χ3n) is 3.62. The lowest BCUT2D eigenvalue weighted by atomic mass is 9.86. The number of hydrogen-bond donors (Lipinski definition) is 1. The third-order valence-corrected chi connectivity index (χ3v) is 3.62. The van der Waals surface area contributed by atoms with E-state index in [0.717, 1.165) is 5.56 Å². The van der Waals surface area contributed by atoms with Crippen molar-refractivity contribution in [2.45, 2.75) is 38.7 Å². The van der Waals surface area contributed by atoms with Crippen molar-refractivity contribution in [3.63, 3.8) is 0 Å². The van der Waals surface area contributed by atoms with Crippen molar-refractivity contribution in [3.05, 3.63) is 71.3 Å². The Hall–Kier alpha value is -1.93. The second-order valence-corrected chi connectivity index (χ2v) is 6.40. The number of benzene rings is 2. The molecule has 0 saturated heterocycles. The lowest BCUT2D eigenvalue weighted by Gasteiger charge is -2.19. The van der Waals surface area contributed by atoms with E-state index in [4.69, 9.17) is 0 Å². The summed E-state index contributed by atoms with van der Waals surface area (Å²) >= 11 is 0. The number of rotatable bonds is 4. The van der Waals surface area contributed by atoms with Crippen LogP contribution in [0, 0.1) is 0 Å². The smallest absolute Gasteiger partial charge is 0.170 e. The van der Waals surface area contributed by atoms with Crippen LogP contribution in [0.15, 0.2) is 54.6 Å². The molecule has 0 heterocycles. The van der Waals surface area contributed by atoms with Gasteiger partial charge < -0.3 is 5.11 Å². The van der Waals surface area contributed by atoms with E-state index in [1.807, 2.05) is 30.3 Å². The number of ketones is 1. The lowest BCUT2D eigenvalue weighted by Crippen LogP contribution is -2.15. The van der Waals surface area contributed by atoms with E-state index in [1.165, 1.54) is 5.56 Å². The quantitative estimate of drug-likeness (QED) is 0.925. The number of Topliss-reactive ketones (excluding diaryl/α,β-unsaturated/α-hetero) is 1. The van der Waals surface area contributed by atoms with Crippen LogP contribution in [-0.2, 0) is 16.6 Å². The van der Waals surface area contributed by atoms with E-state index in [-0.39, 0.29) is 17.6 Å². The van der Waals surface area contributed by atoms with E-state index >= 15 is 0 Å². The van der Waals surface area contributed by atoms with Crippen LogP contribution in [0.1, 0.15) is 43.6 Å². The van der Waals surface area contributed by atoms with Gasteiger partial charge in [-0.05, 0) is 22.1 Å². The Morgan fingerprint density at radius 2 is 1.57 bits per heavy atom. The molecule has 0 bridgehead atoms. The highest BCUT2D eigenvalue weighted by Crippen LogP contribution is 2.23. The maximum absolute atomic E-state index is 12.1. The summed E-state index contributed by atoms with van der Waals surface area (Å²) in [6, 6.07) is 17.1. The molecule has 1 N–H and O–H groups in total. The molecule has 0 aromatic heterocycles. The first-order chi connectivity index (χ1) is 9.88. The number of carbonyl (C=O) groups excluding carboxylic acids is 1. The molecular weight excluding hydrogens is 260 g/mol. The fourth-order valence-electron chi connectivity index (χ4n) is 2.24. The van der Waals surface area contributed by atoms with Crippen LogP contribution in [0.3, 0.4) is 0 Å². The largest absolute Gasteiger partial charge is 0.381 e. The van der Waals surface area contributed by atoms with Crippen molar-refractivity contribution in [1.29, 1.82) is 0 Å². The van der Waals surface area contributed by atoms with E-state index in [0.29, 0.717) is 5.56 Å². The monoisotopic (exact) mass is 282 g/mol. The summed E-state index contributed by atoms with van der Waals surface area (Å²) in [6.07, 6.45) is -0.797. The van der Waals surface area contributed by atoms with Crippen LogP contribution in [0.5, 0.6) is 0 Å². The molecule has 2 heteroatoms. The molecule has 0 aliphatic heterocycles. The first kappa shape index (κ1) is 15.5. The highest BCUT2D eigenvalue weighted by Gasteiger charge is 2.18. The molecular formula is C19H22O2. The fraction of sp³-hybridized carbons (Fsp3) is 0.316. The summed E-state index contributed by atoms with van der Waals surface area (Å²) in [4.78, 5) is 12.1. The molecule has 1 unspecified atom stereocenters. The van der Waals surface area contributed by atoms with Crippen LogP contribution in [0.25, 0.3) is 0 Å². The van der Waals surface area contributed by atoms with Crippen molar-refractivity contribution < 1.29 is 9.90 Å². The molecule has 0 aliphatic carbocycles. The Labute approximate surface area is 126 Å². The van der Waals surface area contributed by atoms with Gasteiger partial charge in [-0.15, -0.1) is 0 Å². The van der Waals surface area contributed by atoms with Crippen molar-refractivity contribution in [2.24, 2.45) is 0 Å². The fourth-order valence-corrected chi connectivity index (χ4v) is 2.24. The normalized spacial score (nSPS) is 13.0. The molecule has 21 heavy (non-hydrogen) atoms. The van der Waals surface area contributed by atoms with Gasteiger partial charge in [0.05, 0.1) is 0 Å². The van der Waals surface area contributed by atoms with Gasteiger partial charge in [0, 0.05) is 6.42 Å². The number of aliphatic hydroxyl groups excluding tert-OH is 1. The summed E-state index contributed by atoms with van der Waals surface area (Å²) in [6.45, 7) is 6.48. The van der Waals surface area contributed by atoms with Crippen LogP contribution in [0.2, 0.25) is 0 Å². The topological polar surface area (TPSA) is 37.3 Å². The standard InChI is InChI=1S/C19H22O2/c1-19(2,3)16-11-9-14(10-12-16)13-17(20)18(21)15-7-5-4-6-8-15/h4-12,18,21H,13H2,1-3H3. The van der Waals surface area contributed by atoms with Crippen molar-refractivity contribution >= 4 is 5.78 Å². The number of carbonyl (C=O) groups is 1. The van der Waals surface area contributed by atoms with Crippen molar-refractivity contribution in [2.75, 3.05) is 0 Å². The van der Waals surface area contributed by atoms with E-state index in [2.05, 4.69) is 32.9 Å². The molecule has 0 fully saturated rings. The summed E-state index contributed by atoms with van der Waals surface area (Å²) in [7, 11) is 0. The Balaban J connectivity index is 2.06. The van der Waals surface area contributed by atoms with Crippen LogP contribution in [-0.4, -0.2) is 10.9 Å². The Morgan fingerprint density at radius 3 is 2.10 bits per heavy atom. The van der Waals surface area contributed by atoms with Gasteiger partial charge in [0.25, 0.3) is 0 Å². The molecule has 0 amide bonds.